The van der Waals surface area contributed by atoms with E-state index in [1.807, 2.05) is 0 Å². The Bertz CT molecular complexity index is 405. The largest absolute Gasteiger partial charge is 0.379 e. The molecule has 0 saturated carbocycles. The van der Waals surface area contributed by atoms with Gasteiger partial charge in [-0.25, -0.2) is 0 Å². The fraction of sp³-hybridized carbons (Fsp3) is 0.947. The van der Waals surface area contributed by atoms with Gasteiger partial charge < -0.3 is 20.3 Å². The Morgan fingerprint density at radius 1 is 1.12 bits per heavy atom. The van der Waals surface area contributed by atoms with Crippen LogP contribution in [0, 0.1) is 5.92 Å². The highest BCUT2D eigenvalue weighted by molar-refractivity contribution is 14.0. The van der Waals surface area contributed by atoms with Gasteiger partial charge in [0.05, 0.1) is 19.8 Å². The summed E-state index contributed by atoms with van der Waals surface area (Å²) in [6, 6.07) is 0. The van der Waals surface area contributed by atoms with Crippen LogP contribution >= 0.6 is 24.0 Å². The summed E-state index contributed by atoms with van der Waals surface area (Å²) >= 11 is 0. The van der Waals surface area contributed by atoms with Gasteiger partial charge in [0.1, 0.15) is 0 Å². The van der Waals surface area contributed by atoms with Gasteiger partial charge in [0.25, 0.3) is 0 Å². The molecule has 7 heteroatoms. The Labute approximate surface area is 177 Å². The summed E-state index contributed by atoms with van der Waals surface area (Å²) < 4.78 is 5.47. The number of ether oxygens (including phenoxy) is 1. The van der Waals surface area contributed by atoms with Crippen molar-refractivity contribution in [3.8, 4) is 0 Å². The maximum Gasteiger partial charge on any atom is 0.191 e. The van der Waals surface area contributed by atoms with E-state index < -0.39 is 0 Å². The second-order valence-electron chi connectivity index (χ2n) is 8.06. The monoisotopic (exact) mass is 481 g/mol. The normalized spacial score (nSPS) is 21.3. The maximum atomic E-state index is 5.47. The Morgan fingerprint density at radius 3 is 2.38 bits per heavy atom. The summed E-state index contributed by atoms with van der Waals surface area (Å²) in [5.41, 5.74) is 0.0646. The minimum atomic E-state index is 0. The molecule has 0 aliphatic carbocycles. The quantitative estimate of drug-likeness (QED) is 0.331. The Hall–Kier alpha value is -0.120. The number of rotatable bonds is 7. The number of hydrogen-bond acceptors (Lipinski definition) is 4. The third-order valence-corrected chi connectivity index (χ3v) is 5.43. The standard InChI is InChI=1S/C19H39N5O.HI/c1-5-20-18(21-8-11-23-9-6-17(2)7-10-23)22-16-19(3,4)24-12-14-25-15-13-24;/h17H,5-16H2,1-4H3,(H2,20,21,22);1H. The van der Waals surface area contributed by atoms with Gasteiger partial charge in [-0.15, -0.1) is 24.0 Å². The van der Waals surface area contributed by atoms with Crippen LogP contribution in [-0.4, -0.2) is 86.9 Å². The van der Waals surface area contributed by atoms with Crippen LogP contribution in [0.5, 0.6) is 0 Å². The van der Waals surface area contributed by atoms with Crippen LogP contribution in [0.15, 0.2) is 4.99 Å². The lowest BCUT2D eigenvalue weighted by Gasteiger charge is -2.40. The van der Waals surface area contributed by atoms with E-state index in [-0.39, 0.29) is 29.5 Å². The number of piperidine rings is 1. The van der Waals surface area contributed by atoms with Gasteiger partial charge in [0.15, 0.2) is 5.96 Å². The summed E-state index contributed by atoms with van der Waals surface area (Å²) in [5, 5.41) is 6.89. The minimum absolute atomic E-state index is 0. The molecule has 2 rings (SSSR count). The third kappa shape index (κ3) is 8.27. The third-order valence-electron chi connectivity index (χ3n) is 5.43. The van der Waals surface area contributed by atoms with E-state index >= 15 is 0 Å². The molecule has 6 nitrogen and oxygen atoms in total. The Morgan fingerprint density at radius 2 is 1.77 bits per heavy atom. The molecule has 2 aliphatic heterocycles. The lowest BCUT2D eigenvalue weighted by Crippen LogP contribution is -2.52. The Kier molecular flexibility index (Phi) is 11.4. The first-order valence-corrected chi connectivity index (χ1v) is 10.1. The first-order chi connectivity index (χ1) is 12.0. The Balaban J connectivity index is 0.00000338. The van der Waals surface area contributed by atoms with Crippen LogP contribution < -0.4 is 10.6 Å². The van der Waals surface area contributed by atoms with Gasteiger partial charge in [0.2, 0.25) is 0 Å². The molecule has 2 aliphatic rings. The van der Waals surface area contributed by atoms with Crippen molar-refractivity contribution in [2.75, 3.05) is 65.6 Å². The van der Waals surface area contributed by atoms with E-state index in [4.69, 9.17) is 9.73 Å². The average molecular weight is 481 g/mol. The topological polar surface area (TPSA) is 52.1 Å². The van der Waals surface area contributed by atoms with Crippen LogP contribution in [0.2, 0.25) is 0 Å². The molecular weight excluding hydrogens is 441 g/mol. The van der Waals surface area contributed by atoms with E-state index in [1.165, 1.54) is 25.9 Å². The van der Waals surface area contributed by atoms with Crippen molar-refractivity contribution in [2.45, 2.75) is 46.1 Å². The predicted octanol–water partition coefficient (Wildman–Crippen LogP) is 2.00. The summed E-state index contributed by atoms with van der Waals surface area (Å²) in [5.74, 6) is 1.83. The molecule has 0 aromatic heterocycles. The molecule has 154 valence electrons. The van der Waals surface area contributed by atoms with Gasteiger partial charge in [-0.1, -0.05) is 6.92 Å². The molecule has 0 unspecified atom stereocenters. The second-order valence-corrected chi connectivity index (χ2v) is 8.06. The highest BCUT2D eigenvalue weighted by Gasteiger charge is 2.28. The number of guanidine groups is 1. The molecule has 0 spiro atoms. The summed E-state index contributed by atoms with van der Waals surface area (Å²) in [4.78, 5) is 9.90. The number of halogens is 1. The maximum absolute atomic E-state index is 5.47. The minimum Gasteiger partial charge on any atom is -0.379 e. The van der Waals surface area contributed by atoms with Crippen molar-refractivity contribution < 1.29 is 4.74 Å². The number of aliphatic imine (C=N–C) groups is 1. The van der Waals surface area contributed by atoms with Crippen molar-refractivity contribution in [2.24, 2.45) is 10.9 Å². The second kappa shape index (κ2) is 12.4. The van der Waals surface area contributed by atoms with E-state index in [9.17, 15) is 0 Å². The number of likely N-dealkylation sites (tertiary alicyclic amines) is 1. The highest BCUT2D eigenvalue weighted by atomic mass is 127. The van der Waals surface area contributed by atoms with E-state index in [0.29, 0.717) is 0 Å². The van der Waals surface area contributed by atoms with Crippen molar-refractivity contribution in [3.63, 3.8) is 0 Å². The van der Waals surface area contributed by atoms with Gasteiger partial charge in [-0.2, -0.15) is 0 Å². The molecule has 2 fully saturated rings. The lowest BCUT2D eigenvalue weighted by atomic mass is 9.99. The highest BCUT2D eigenvalue weighted by Crippen LogP contribution is 2.17. The molecular formula is C19H40IN5O. The van der Waals surface area contributed by atoms with Crippen LogP contribution in [0.25, 0.3) is 0 Å². The number of nitrogens with one attached hydrogen (secondary N) is 2. The van der Waals surface area contributed by atoms with Gasteiger partial charge >= 0.3 is 0 Å². The summed E-state index contributed by atoms with van der Waals surface area (Å²) in [7, 11) is 0. The average Bonchev–Trinajstić information content (AvgIpc) is 2.62. The van der Waals surface area contributed by atoms with Crippen LogP contribution in [0.4, 0.5) is 0 Å². The smallest absolute Gasteiger partial charge is 0.191 e. The number of morpholine rings is 1. The number of nitrogens with zero attached hydrogens (tertiary/aromatic N) is 3. The first-order valence-electron chi connectivity index (χ1n) is 10.1. The van der Waals surface area contributed by atoms with Crippen molar-refractivity contribution >= 4 is 29.9 Å². The lowest BCUT2D eigenvalue weighted by molar-refractivity contribution is -0.00683. The molecule has 0 bridgehead atoms. The fourth-order valence-corrected chi connectivity index (χ4v) is 3.50. The van der Waals surface area contributed by atoms with Crippen LogP contribution in [0.1, 0.15) is 40.5 Å². The fourth-order valence-electron chi connectivity index (χ4n) is 3.50. The van der Waals surface area contributed by atoms with E-state index in [0.717, 1.165) is 64.4 Å². The molecule has 0 radical (unpaired) electrons. The predicted molar refractivity (Wildman–Crippen MR) is 121 cm³/mol. The molecule has 2 N–H and O–H groups in total. The molecule has 0 amide bonds. The summed E-state index contributed by atoms with van der Waals surface area (Å²) in [6.45, 7) is 18.9. The number of hydrogen-bond donors (Lipinski definition) is 2. The zero-order chi connectivity index (χ0) is 18.1. The molecule has 2 heterocycles. The molecule has 2 saturated heterocycles. The SMILES string of the molecule is CCNC(=NCC(C)(C)N1CCOCC1)NCCN1CCC(C)CC1.I. The van der Waals surface area contributed by atoms with Crippen molar-refractivity contribution in [1.82, 2.24) is 20.4 Å². The van der Waals surface area contributed by atoms with Gasteiger partial charge in [0, 0.05) is 38.3 Å². The summed E-state index contributed by atoms with van der Waals surface area (Å²) in [6.07, 6.45) is 2.67. The molecule has 0 aromatic rings. The van der Waals surface area contributed by atoms with Crippen molar-refractivity contribution in [1.29, 1.82) is 0 Å². The molecule has 26 heavy (non-hydrogen) atoms. The van der Waals surface area contributed by atoms with Gasteiger partial charge in [-0.3, -0.25) is 9.89 Å². The van der Waals surface area contributed by atoms with Crippen LogP contribution in [0.3, 0.4) is 0 Å². The van der Waals surface area contributed by atoms with Crippen LogP contribution in [-0.2, 0) is 4.74 Å². The molecule has 0 aromatic carbocycles. The zero-order valence-electron chi connectivity index (χ0n) is 17.2. The first kappa shape index (κ1) is 23.9. The zero-order valence-corrected chi connectivity index (χ0v) is 19.6. The van der Waals surface area contributed by atoms with Gasteiger partial charge in [-0.05, 0) is 52.6 Å². The van der Waals surface area contributed by atoms with E-state index in [1.54, 1.807) is 0 Å². The molecule has 0 atom stereocenters. The van der Waals surface area contributed by atoms with Crippen molar-refractivity contribution in [3.05, 3.63) is 0 Å². The van der Waals surface area contributed by atoms with E-state index in [2.05, 4.69) is 48.1 Å².